The molecule has 89 valence electrons. The quantitative estimate of drug-likeness (QED) is 0.713. The van der Waals surface area contributed by atoms with Gasteiger partial charge in [0.1, 0.15) is 0 Å². The van der Waals surface area contributed by atoms with Crippen molar-refractivity contribution < 1.29 is 0 Å². The molecule has 1 aromatic rings. The SMILES string of the molecule is CCCCC1CCCC2=C1[N]c1ccccc12. The Morgan fingerprint density at radius 3 is 3.06 bits per heavy atom. The molecule has 0 N–H and O–H groups in total. The number of para-hydroxylation sites is 1. The summed E-state index contributed by atoms with van der Waals surface area (Å²) in [5.74, 6) is 0.728. The number of fused-ring (bicyclic) bond motifs is 2. The van der Waals surface area contributed by atoms with Crippen molar-refractivity contribution in [1.29, 1.82) is 0 Å². The van der Waals surface area contributed by atoms with Crippen LogP contribution in [0.3, 0.4) is 0 Å². The van der Waals surface area contributed by atoms with Gasteiger partial charge in [-0.15, -0.1) is 0 Å². The number of hydrogen-bond acceptors (Lipinski definition) is 0. The minimum absolute atomic E-state index is 0.728. The van der Waals surface area contributed by atoms with Crippen LogP contribution >= 0.6 is 0 Å². The van der Waals surface area contributed by atoms with E-state index in [2.05, 4.69) is 31.2 Å². The molecule has 17 heavy (non-hydrogen) atoms. The second-order valence-electron chi connectivity index (χ2n) is 5.22. The maximum absolute atomic E-state index is 4.89. The van der Waals surface area contributed by atoms with Gasteiger partial charge in [-0.3, -0.25) is 5.32 Å². The molecule has 1 heteroatoms. The van der Waals surface area contributed by atoms with E-state index in [1.165, 1.54) is 55.5 Å². The summed E-state index contributed by atoms with van der Waals surface area (Å²) in [6.45, 7) is 2.28. The third kappa shape index (κ3) is 1.88. The van der Waals surface area contributed by atoms with E-state index < -0.39 is 0 Å². The van der Waals surface area contributed by atoms with Gasteiger partial charge in [-0.2, -0.15) is 0 Å². The van der Waals surface area contributed by atoms with E-state index >= 15 is 0 Å². The minimum Gasteiger partial charge on any atom is -0.252 e. The summed E-state index contributed by atoms with van der Waals surface area (Å²) in [6, 6.07) is 8.63. The van der Waals surface area contributed by atoms with Crippen LogP contribution in [0.15, 0.2) is 30.0 Å². The maximum Gasteiger partial charge on any atom is 0.0708 e. The van der Waals surface area contributed by atoms with Gasteiger partial charge in [0.15, 0.2) is 0 Å². The van der Waals surface area contributed by atoms with E-state index in [0.29, 0.717) is 0 Å². The lowest BCUT2D eigenvalue weighted by Gasteiger charge is -2.23. The average Bonchev–Trinajstić information content (AvgIpc) is 2.75. The van der Waals surface area contributed by atoms with Crippen molar-refractivity contribution in [2.24, 2.45) is 5.92 Å². The first-order chi connectivity index (χ1) is 8.40. The molecule has 2 aliphatic rings. The first-order valence-electron chi connectivity index (χ1n) is 6.94. The molecular weight excluding hydrogens is 206 g/mol. The maximum atomic E-state index is 4.89. The van der Waals surface area contributed by atoms with Gasteiger partial charge in [-0.1, -0.05) is 38.0 Å². The Balaban J connectivity index is 1.89. The first kappa shape index (κ1) is 10.9. The molecule has 1 atom stereocenters. The number of rotatable bonds is 3. The van der Waals surface area contributed by atoms with E-state index in [0.717, 1.165) is 5.92 Å². The van der Waals surface area contributed by atoms with Crippen LogP contribution in [0.5, 0.6) is 0 Å². The third-order valence-electron chi connectivity index (χ3n) is 4.05. The largest absolute Gasteiger partial charge is 0.252 e. The summed E-state index contributed by atoms with van der Waals surface area (Å²) >= 11 is 0. The molecule has 0 saturated carbocycles. The Kier molecular flexibility index (Phi) is 2.92. The Morgan fingerprint density at radius 1 is 1.29 bits per heavy atom. The van der Waals surface area contributed by atoms with Crippen LogP contribution in [0.25, 0.3) is 5.57 Å². The molecular formula is C16H20N. The fourth-order valence-electron chi connectivity index (χ4n) is 3.16. The highest BCUT2D eigenvalue weighted by molar-refractivity contribution is 5.82. The molecule has 1 nitrogen and oxygen atoms in total. The van der Waals surface area contributed by atoms with Gasteiger partial charge >= 0.3 is 0 Å². The highest BCUT2D eigenvalue weighted by Crippen LogP contribution is 2.45. The van der Waals surface area contributed by atoms with Crippen LogP contribution < -0.4 is 5.32 Å². The number of allylic oxidation sites excluding steroid dienone is 2. The van der Waals surface area contributed by atoms with E-state index in [-0.39, 0.29) is 0 Å². The molecule has 1 aromatic carbocycles. The van der Waals surface area contributed by atoms with Gasteiger partial charge in [0.05, 0.1) is 5.69 Å². The minimum atomic E-state index is 0.728. The Hall–Kier alpha value is -1.24. The summed E-state index contributed by atoms with van der Waals surface area (Å²) < 4.78 is 0. The summed E-state index contributed by atoms with van der Waals surface area (Å²) in [7, 11) is 0. The van der Waals surface area contributed by atoms with Gasteiger partial charge < -0.3 is 0 Å². The van der Waals surface area contributed by atoms with Gasteiger partial charge in [0.2, 0.25) is 0 Å². The molecule has 1 unspecified atom stereocenters. The van der Waals surface area contributed by atoms with Gasteiger partial charge in [0.25, 0.3) is 0 Å². The van der Waals surface area contributed by atoms with Crippen LogP contribution in [0.4, 0.5) is 5.69 Å². The molecule has 0 fully saturated rings. The van der Waals surface area contributed by atoms with Gasteiger partial charge in [-0.25, -0.2) is 0 Å². The van der Waals surface area contributed by atoms with Crippen molar-refractivity contribution in [2.75, 3.05) is 0 Å². The van der Waals surface area contributed by atoms with E-state index in [1.807, 2.05) is 0 Å². The van der Waals surface area contributed by atoms with Gasteiger partial charge in [-0.05, 0) is 37.3 Å². The standard InChI is InChI=1S/C16H20N/c1-2-3-7-12-8-6-10-14-13-9-4-5-11-15(13)17-16(12)14/h4-5,9,11-12H,2-3,6-8,10H2,1H3. The third-order valence-corrected chi connectivity index (χ3v) is 4.05. The van der Waals surface area contributed by atoms with Crippen molar-refractivity contribution in [3.05, 3.63) is 35.5 Å². The molecule has 1 aliphatic heterocycles. The van der Waals surface area contributed by atoms with Crippen molar-refractivity contribution in [3.8, 4) is 0 Å². The molecule has 3 rings (SSSR count). The molecule has 1 heterocycles. The summed E-state index contributed by atoms with van der Waals surface area (Å²) in [6.07, 6.45) is 7.89. The zero-order valence-electron chi connectivity index (χ0n) is 10.6. The smallest absolute Gasteiger partial charge is 0.0708 e. The Bertz CT molecular complexity index is 445. The second kappa shape index (κ2) is 4.56. The van der Waals surface area contributed by atoms with E-state index in [4.69, 9.17) is 5.32 Å². The zero-order chi connectivity index (χ0) is 11.7. The first-order valence-corrected chi connectivity index (χ1v) is 6.94. The predicted octanol–water partition coefficient (Wildman–Crippen LogP) is 4.64. The second-order valence-corrected chi connectivity index (χ2v) is 5.22. The lowest BCUT2D eigenvalue weighted by Crippen LogP contribution is -2.13. The summed E-state index contributed by atoms with van der Waals surface area (Å²) in [4.78, 5) is 0. The topological polar surface area (TPSA) is 14.1 Å². The van der Waals surface area contributed by atoms with Crippen LogP contribution in [0.1, 0.15) is 51.0 Å². The predicted molar refractivity (Wildman–Crippen MR) is 72.0 cm³/mol. The lowest BCUT2D eigenvalue weighted by molar-refractivity contribution is 0.454. The molecule has 0 aromatic heterocycles. The van der Waals surface area contributed by atoms with E-state index in [1.54, 1.807) is 5.57 Å². The normalized spacial score (nSPS) is 22.1. The van der Waals surface area contributed by atoms with Crippen molar-refractivity contribution in [1.82, 2.24) is 5.32 Å². The fraction of sp³-hybridized carbons (Fsp3) is 0.500. The molecule has 0 saturated heterocycles. The zero-order valence-corrected chi connectivity index (χ0v) is 10.6. The Labute approximate surface area is 104 Å². The van der Waals surface area contributed by atoms with Crippen LogP contribution in [0.2, 0.25) is 0 Å². The summed E-state index contributed by atoms with van der Waals surface area (Å²) in [5.41, 5.74) is 5.59. The highest BCUT2D eigenvalue weighted by atomic mass is 14.9. The number of nitrogens with zero attached hydrogens (tertiary/aromatic N) is 1. The van der Waals surface area contributed by atoms with Gasteiger partial charge in [0, 0.05) is 17.2 Å². The molecule has 0 bridgehead atoms. The van der Waals surface area contributed by atoms with E-state index in [9.17, 15) is 0 Å². The number of benzene rings is 1. The number of unbranched alkanes of at least 4 members (excludes halogenated alkanes) is 1. The van der Waals surface area contributed by atoms with Crippen LogP contribution in [-0.4, -0.2) is 0 Å². The highest BCUT2D eigenvalue weighted by Gasteiger charge is 2.30. The Morgan fingerprint density at radius 2 is 2.18 bits per heavy atom. The summed E-state index contributed by atoms with van der Waals surface area (Å²) in [5, 5.41) is 4.89. The lowest BCUT2D eigenvalue weighted by atomic mass is 9.83. The van der Waals surface area contributed by atoms with Crippen molar-refractivity contribution >= 4 is 11.3 Å². The monoisotopic (exact) mass is 226 g/mol. The molecule has 1 aliphatic carbocycles. The van der Waals surface area contributed by atoms with Crippen molar-refractivity contribution in [2.45, 2.75) is 45.4 Å². The molecule has 0 spiro atoms. The fourth-order valence-corrected chi connectivity index (χ4v) is 3.16. The molecule has 1 radical (unpaired) electrons. The van der Waals surface area contributed by atoms with Crippen LogP contribution in [0, 0.1) is 5.92 Å². The molecule has 0 amide bonds. The van der Waals surface area contributed by atoms with Crippen LogP contribution in [-0.2, 0) is 0 Å². The average molecular weight is 226 g/mol. The number of hydrogen-bond donors (Lipinski definition) is 0. The van der Waals surface area contributed by atoms with Crippen molar-refractivity contribution in [3.63, 3.8) is 0 Å².